The maximum atomic E-state index is 12.0. The van der Waals surface area contributed by atoms with E-state index in [2.05, 4.69) is 83.7 Å². The smallest absolute Gasteiger partial charge is 0.332 e. The number of nitrogens with one attached hydrogen (secondary N) is 6. The molecule has 674 valence electrons. The molecule has 1 aromatic heterocycles. The number of oxime groups is 7. The van der Waals surface area contributed by atoms with E-state index < -0.39 is 5.97 Å². The van der Waals surface area contributed by atoms with E-state index in [4.69, 9.17) is 61.8 Å². The summed E-state index contributed by atoms with van der Waals surface area (Å²) in [5.74, 6) is -0.926. The fourth-order valence-corrected chi connectivity index (χ4v) is 11.7. The van der Waals surface area contributed by atoms with E-state index in [-0.39, 0.29) is 168 Å². The number of carbonyl (C=O) groups excluding carboxylic acids is 11. The molecule has 5 amide bonds. The maximum absolute atomic E-state index is 12.0. The van der Waals surface area contributed by atoms with Gasteiger partial charge in [0.05, 0.1) is 72.3 Å². The highest BCUT2D eigenvalue weighted by molar-refractivity contribution is 6.06. The van der Waals surface area contributed by atoms with Gasteiger partial charge in [-0.15, -0.1) is 0 Å². The van der Waals surface area contributed by atoms with Crippen LogP contribution in [-0.2, 0) is 81.8 Å². The van der Waals surface area contributed by atoms with E-state index >= 15 is 0 Å². The molecule has 6 heterocycles. The second-order valence-corrected chi connectivity index (χ2v) is 31.0. The van der Waals surface area contributed by atoms with E-state index in [1.165, 1.54) is 41.5 Å². The molecule has 0 bridgehead atoms. The molecule has 0 aliphatic carbocycles. The summed E-state index contributed by atoms with van der Waals surface area (Å²) < 4.78 is 4.99. The first-order valence-electron chi connectivity index (χ1n) is 41.0. The Kier molecular flexibility index (Phi) is 38.9. The minimum atomic E-state index is -0.553. The van der Waals surface area contributed by atoms with Crippen LogP contribution in [0.25, 0.3) is 11.4 Å². The van der Waals surface area contributed by atoms with Crippen LogP contribution in [0.2, 0.25) is 0 Å². The van der Waals surface area contributed by atoms with Crippen molar-refractivity contribution in [2.45, 2.75) is 178 Å². The Morgan fingerprint density at radius 3 is 0.913 bits per heavy atom. The Hall–Kier alpha value is -14.5. The van der Waals surface area contributed by atoms with Crippen molar-refractivity contribution >= 4 is 110 Å². The number of amides is 5. The molecule has 10 unspecified atom stereocenters. The summed E-state index contributed by atoms with van der Waals surface area (Å²) in [6.45, 7) is 21.0. The standard InChI is InChI=1S/C19H24N4O5.C19H22N4O4.C17H22N4O4.C17H22N4O3.C17H19N3O3/c1-11(12(2)24)10-21-18(26)9-16-8-17(22-28-16)14-4-6-15(7-5-14)19(20)23-27-13(3)25;1-11(12(2)24)10-20-18(25)9-16-8-17(22-27-16)14-4-6-15(7-5-14)19-21-13(3)26-23-19;1-10(11(2)22)9-19-16(23)8-14-7-15(21-25-14)12-3-5-13(6-4-12)17(18)20-24;1-10(11(2)22)9-20-16(23)8-14-7-15(21-24-14)12-3-5-13(6-4-12)17(18)19;1-11(12(2)21)10-19-17(22)8-15-7-16(20-23-15)14-5-3-13(9-18)4-6-14/h4-7,11,16H,8-10H2,1-3H3,(H2,20,23)(H,21,26);4-7,11,16H,8-10H2,1-3H3,(H,20,25);3-6,10,14,24H,7-9H2,1-2H3,(H2,18,20)(H,19,23);3-6,10,14H,7-9H2,1-2H3,(H3,18,19)(H,20,23);3-6,11,15H,7-8,10H2,1-2H3,(H,19,22). The van der Waals surface area contributed by atoms with E-state index in [9.17, 15) is 52.7 Å². The van der Waals surface area contributed by atoms with Crippen LogP contribution in [0.4, 0.5) is 0 Å². The van der Waals surface area contributed by atoms with Gasteiger partial charge in [0.2, 0.25) is 41.3 Å². The quantitative estimate of drug-likeness (QED) is 0.00611. The van der Waals surface area contributed by atoms with Gasteiger partial charge in [-0.05, 0) is 74.6 Å². The van der Waals surface area contributed by atoms with Gasteiger partial charge in [0.15, 0.2) is 11.7 Å². The van der Waals surface area contributed by atoms with Crippen molar-refractivity contribution in [2.75, 3.05) is 32.7 Å². The minimum Gasteiger partial charge on any atom is -0.409 e. The van der Waals surface area contributed by atoms with Gasteiger partial charge in [-0.1, -0.05) is 185 Å². The zero-order chi connectivity index (χ0) is 93.0. The van der Waals surface area contributed by atoms with Gasteiger partial charge in [-0.25, -0.2) is 4.79 Å². The lowest BCUT2D eigenvalue weighted by atomic mass is 10.0. The number of aryl methyl sites for hydroxylation is 1. The number of nitrogens with two attached hydrogens (primary N) is 3. The molecular formula is C89H109N19O19. The molecule has 10 atom stereocenters. The number of rotatable bonds is 35. The largest absolute Gasteiger partial charge is 0.409 e. The molecule has 5 aliphatic heterocycles. The summed E-state index contributed by atoms with van der Waals surface area (Å²) in [5, 5.41) is 69.1. The van der Waals surface area contributed by atoms with Crippen molar-refractivity contribution in [1.82, 2.24) is 36.7 Å². The van der Waals surface area contributed by atoms with E-state index in [1.807, 2.05) is 48.5 Å². The lowest BCUT2D eigenvalue weighted by molar-refractivity contribution is -0.141. The number of nitrogens with zero attached hydrogens (tertiary/aromatic N) is 10. The lowest BCUT2D eigenvalue weighted by Crippen LogP contribution is -2.33. The third kappa shape index (κ3) is 33.6. The summed E-state index contributed by atoms with van der Waals surface area (Å²) >= 11 is 0. The zero-order valence-corrected chi connectivity index (χ0v) is 72.9. The summed E-state index contributed by atoms with van der Waals surface area (Å²) in [7, 11) is 0. The highest BCUT2D eigenvalue weighted by Crippen LogP contribution is 2.27. The Balaban J connectivity index is 0.000000218. The second-order valence-electron chi connectivity index (χ2n) is 31.0. The molecule has 6 aromatic rings. The number of amidine groups is 3. The average Bonchev–Trinajstić information content (AvgIpc) is 1.76. The van der Waals surface area contributed by atoms with Crippen LogP contribution >= 0.6 is 0 Å². The maximum Gasteiger partial charge on any atom is 0.332 e. The molecule has 0 radical (unpaired) electrons. The molecule has 0 saturated heterocycles. The van der Waals surface area contributed by atoms with Crippen molar-refractivity contribution in [2.24, 2.45) is 82.9 Å². The highest BCUT2D eigenvalue weighted by atomic mass is 16.7. The van der Waals surface area contributed by atoms with Crippen LogP contribution < -0.4 is 43.8 Å². The summed E-state index contributed by atoms with van der Waals surface area (Å²) in [6.07, 6.45) is 2.01. The predicted octanol–water partition coefficient (Wildman–Crippen LogP) is 7.35. The van der Waals surface area contributed by atoms with Gasteiger partial charge in [-0.2, -0.15) is 10.2 Å². The number of benzene rings is 5. The Labute approximate surface area is 734 Å². The van der Waals surface area contributed by atoms with Gasteiger partial charge < -0.3 is 82.5 Å². The molecule has 38 nitrogen and oxygen atoms in total. The first-order valence-corrected chi connectivity index (χ1v) is 41.0. The Bertz CT molecular complexity index is 5150. The number of nitrogen functional groups attached to an aromatic ring is 1. The van der Waals surface area contributed by atoms with E-state index in [0.29, 0.717) is 98.8 Å². The summed E-state index contributed by atoms with van der Waals surface area (Å²) in [6, 6.07) is 38.0. The monoisotopic (exact) mass is 1750 g/mol. The number of aromatic nitrogens is 2. The highest BCUT2D eigenvalue weighted by Gasteiger charge is 2.31. The number of Topliss-reactive ketones (excluding diaryl/α,β-unsaturated/α-hetero) is 5. The second kappa shape index (κ2) is 49.7. The Morgan fingerprint density at radius 1 is 0.425 bits per heavy atom. The van der Waals surface area contributed by atoms with Gasteiger partial charge >= 0.3 is 5.97 Å². The van der Waals surface area contributed by atoms with Crippen molar-refractivity contribution < 1.29 is 91.5 Å². The van der Waals surface area contributed by atoms with Gasteiger partial charge in [0, 0.05) is 131 Å². The van der Waals surface area contributed by atoms with Crippen LogP contribution in [0.15, 0.2) is 162 Å². The first-order chi connectivity index (χ1) is 60.4. The lowest BCUT2D eigenvalue weighted by Gasteiger charge is -2.11. The van der Waals surface area contributed by atoms with Crippen molar-refractivity contribution in [1.29, 1.82) is 10.7 Å². The summed E-state index contributed by atoms with van der Waals surface area (Å²) in [4.78, 5) is 162. The normalized spacial score (nSPS) is 17.6. The van der Waals surface area contributed by atoms with Crippen LogP contribution in [-0.4, -0.2) is 189 Å². The summed E-state index contributed by atoms with van der Waals surface area (Å²) in [5.41, 5.74) is 28.1. The zero-order valence-electron chi connectivity index (χ0n) is 72.9. The van der Waals surface area contributed by atoms with E-state index in [1.54, 1.807) is 114 Å². The molecule has 11 rings (SSSR count). The molecule has 38 heteroatoms. The average molecular weight is 1750 g/mol. The van der Waals surface area contributed by atoms with Crippen LogP contribution in [0.1, 0.15) is 196 Å². The number of nitriles is 1. The van der Waals surface area contributed by atoms with Gasteiger partial charge in [0.25, 0.3) is 0 Å². The molecule has 5 aliphatic rings. The van der Waals surface area contributed by atoms with Gasteiger partial charge in [0.1, 0.15) is 65.3 Å². The molecule has 13 N–H and O–H groups in total. The third-order valence-electron chi connectivity index (χ3n) is 20.5. The van der Waals surface area contributed by atoms with E-state index in [0.717, 1.165) is 61.9 Å². The fourth-order valence-electron chi connectivity index (χ4n) is 11.7. The number of hydrogen-bond acceptors (Lipinski definition) is 30. The third-order valence-corrected chi connectivity index (χ3v) is 20.5. The number of carbonyl (C=O) groups is 11. The SMILES string of the molecule is CC(=O)C(C)CNC(=O)CC1CC(c2ccc(-c3noc(C)n3)cc2)=NO1.CC(=O)C(C)CNC(=O)CC1CC(c2ccc(/C(N)=N/O)cc2)=NO1.CC(=O)C(C)CNC(=O)CC1CC(c2ccc(C#N)cc2)=NO1.CC(=O)C(C)CNC(=O)CC1CC(c2ccc(C(=N)N)cc2)=NO1.CC(=O)O/N=C(\N)c1ccc(C2=NOC(CC(=O)NCC(C)C(C)=O)C2)cc1. The molecule has 0 saturated carbocycles. The molecule has 0 spiro atoms. The number of ketones is 5. The molecule has 0 fully saturated rings. The minimum absolute atomic E-state index is 0.0143. The van der Waals surface area contributed by atoms with Crippen molar-refractivity contribution in [3.63, 3.8) is 0 Å². The Morgan fingerprint density at radius 2 is 0.677 bits per heavy atom. The molecular weight excluding hydrogens is 1640 g/mol. The van der Waals surface area contributed by atoms with Crippen LogP contribution in [0.3, 0.4) is 0 Å². The number of hydrogen-bond donors (Lipinski definition) is 10. The topological polar surface area (TPSA) is 575 Å². The van der Waals surface area contributed by atoms with Crippen molar-refractivity contribution in [3.05, 3.63) is 177 Å². The predicted molar refractivity (Wildman–Crippen MR) is 468 cm³/mol. The van der Waals surface area contributed by atoms with Crippen LogP contribution in [0, 0.1) is 53.3 Å². The van der Waals surface area contributed by atoms with Gasteiger partial charge in [-0.3, -0.25) is 53.4 Å². The van der Waals surface area contributed by atoms with Crippen molar-refractivity contribution in [3.8, 4) is 17.5 Å². The first kappa shape index (κ1) is 99.6. The fraction of sp³-hybridized carbons (Fsp3) is 0.416. The van der Waals surface area contributed by atoms with Crippen LogP contribution in [0.5, 0.6) is 0 Å². The molecule has 127 heavy (non-hydrogen) atoms. The molecule has 5 aromatic carbocycles.